The van der Waals surface area contributed by atoms with E-state index in [4.69, 9.17) is 0 Å². The maximum absolute atomic E-state index is 12.7. The number of fused-ring (bicyclic) bond motifs is 1. The number of carbonyl (C=O) groups excluding carboxylic acids is 2. The van der Waals surface area contributed by atoms with Crippen LogP contribution in [0.25, 0.3) is 10.9 Å². The van der Waals surface area contributed by atoms with E-state index in [-0.39, 0.29) is 36.3 Å². The Hall–Kier alpha value is -3.14. The Morgan fingerprint density at radius 3 is 2.97 bits per heavy atom. The molecule has 0 bridgehead atoms. The monoisotopic (exact) mass is 412 g/mol. The molecule has 1 unspecified atom stereocenters. The molecule has 3 heterocycles. The fraction of sp³-hybridized carbons (Fsp3) is 0.368. The number of benzene rings is 1. The van der Waals surface area contributed by atoms with Crippen LogP contribution in [-0.2, 0) is 16.1 Å². The molecule has 1 aromatic carbocycles. The van der Waals surface area contributed by atoms with E-state index in [9.17, 15) is 14.4 Å². The number of anilines is 1. The van der Waals surface area contributed by atoms with Crippen LogP contribution in [0.5, 0.6) is 0 Å². The highest BCUT2D eigenvalue weighted by Crippen LogP contribution is 2.20. The number of nitrogens with one attached hydrogen (secondary N) is 1. The second kappa shape index (κ2) is 8.48. The maximum Gasteiger partial charge on any atom is 0.277 e. The van der Waals surface area contributed by atoms with Crippen molar-refractivity contribution in [1.82, 2.24) is 24.9 Å². The molecule has 1 N–H and O–H groups in total. The summed E-state index contributed by atoms with van der Waals surface area (Å²) in [7, 11) is 0. The maximum atomic E-state index is 12.7. The molecule has 9 nitrogen and oxygen atoms in total. The van der Waals surface area contributed by atoms with E-state index in [0.29, 0.717) is 29.1 Å². The van der Waals surface area contributed by atoms with E-state index >= 15 is 0 Å². The van der Waals surface area contributed by atoms with Crippen LogP contribution in [0.4, 0.5) is 5.13 Å². The quantitative estimate of drug-likeness (QED) is 0.680. The summed E-state index contributed by atoms with van der Waals surface area (Å²) in [5, 5.41) is 13.6. The molecule has 150 valence electrons. The van der Waals surface area contributed by atoms with E-state index in [1.807, 2.05) is 0 Å². The van der Waals surface area contributed by atoms with Crippen LogP contribution < -0.4 is 10.9 Å². The molecule has 1 atom stereocenters. The van der Waals surface area contributed by atoms with Gasteiger partial charge >= 0.3 is 0 Å². The van der Waals surface area contributed by atoms with Crippen LogP contribution >= 0.6 is 11.3 Å². The Morgan fingerprint density at radius 2 is 2.14 bits per heavy atom. The predicted molar refractivity (Wildman–Crippen MR) is 108 cm³/mol. The molecule has 4 rings (SSSR count). The average molecular weight is 412 g/mol. The van der Waals surface area contributed by atoms with Gasteiger partial charge in [-0.3, -0.25) is 14.4 Å². The van der Waals surface area contributed by atoms with Crippen LogP contribution in [0.3, 0.4) is 0 Å². The van der Waals surface area contributed by atoms with E-state index in [2.05, 4.69) is 20.6 Å². The molecule has 10 heteroatoms. The fourth-order valence-electron chi connectivity index (χ4n) is 3.44. The number of nitrogens with zero attached hydrogens (tertiary/aromatic N) is 5. The highest BCUT2D eigenvalue weighted by atomic mass is 32.1. The summed E-state index contributed by atoms with van der Waals surface area (Å²) in [5.74, 6) is -0.479. The lowest BCUT2D eigenvalue weighted by Crippen LogP contribution is -2.44. The van der Waals surface area contributed by atoms with Crippen molar-refractivity contribution in [3.05, 3.63) is 46.2 Å². The Bertz CT molecular complexity index is 1080. The van der Waals surface area contributed by atoms with Crippen molar-refractivity contribution in [1.29, 1.82) is 0 Å². The Morgan fingerprint density at radius 1 is 1.28 bits per heavy atom. The predicted octanol–water partition coefficient (Wildman–Crippen LogP) is 1.52. The van der Waals surface area contributed by atoms with Crippen LogP contribution in [0.2, 0.25) is 0 Å². The summed E-state index contributed by atoms with van der Waals surface area (Å²) in [6.45, 7) is 1.13. The van der Waals surface area contributed by atoms with E-state index in [1.165, 1.54) is 16.0 Å². The number of piperidine rings is 1. The number of likely N-dealkylation sites (tertiary alicyclic amines) is 1. The molecule has 0 aliphatic carbocycles. The van der Waals surface area contributed by atoms with Gasteiger partial charge in [0.1, 0.15) is 5.52 Å². The average Bonchev–Trinajstić information content (AvgIpc) is 3.26. The third-order valence-electron chi connectivity index (χ3n) is 4.97. The largest absolute Gasteiger partial charge is 0.342 e. The van der Waals surface area contributed by atoms with Crippen molar-refractivity contribution >= 4 is 39.2 Å². The molecule has 0 saturated carbocycles. The molecular formula is C19H20N6O3S. The zero-order chi connectivity index (χ0) is 20.2. The first-order valence-corrected chi connectivity index (χ1v) is 10.3. The Labute approximate surface area is 170 Å². The molecule has 0 spiro atoms. The Kier molecular flexibility index (Phi) is 5.61. The molecular weight excluding hydrogens is 392 g/mol. The van der Waals surface area contributed by atoms with Crippen molar-refractivity contribution < 1.29 is 9.59 Å². The minimum Gasteiger partial charge on any atom is -0.342 e. The first-order valence-electron chi connectivity index (χ1n) is 9.42. The van der Waals surface area contributed by atoms with Gasteiger partial charge in [-0.05, 0) is 25.0 Å². The van der Waals surface area contributed by atoms with E-state index in [0.717, 1.165) is 12.8 Å². The summed E-state index contributed by atoms with van der Waals surface area (Å²) in [4.78, 5) is 43.3. The lowest BCUT2D eigenvalue weighted by Gasteiger charge is -2.32. The van der Waals surface area contributed by atoms with Crippen molar-refractivity contribution in [2.24, 2.45) is 5.92 Å². The van der Waals surface area contributed by atoms with Crippen LogP contribution in [0.15, 0.2) is 40.6 Å². The van der Waals surface area contributed by atoms with Gasteiger partial charge in [-0.15, -0.1) is 16.4 Å². The van der Waals surface area contributed by atoms with Gasteiger partial charge in [0.2, 0.25) is 11.8 Å². The van der Waals surface area contributed by atoms with Crippen molar-refractivity contribution in [2.75, 3.05) is 18.4 Å². The zero-order valence-electron chi connectivity index (χ0n) is 15.7. The lowest BCUT2D eigenvalue weighted by molar-refractivity contribution is -0.134. The van der Waals surface area contributed by atoms with Gasteiger partial charge < -0.3 is 10.2 Å². The third-order valence-corrected chi connectivity index (χ3v) is 5.66. The second-order valence-corrected chi connectivity index (χ2v) is 7.78. The van der Waals surface area contributed by atoms with Crippen molar-refractivity contribution in [2.45, 2.75) is 25.8 Å². The van der Waals surface area contributed by atoms with Crippen LogP contribution in [-0.4, -0.2) is 49.8 Å². The number of carbonyl (C=O) groups is 2. The number of amides is 2. The van der Waals surface area contributed by atoms with Gasteiger partial charge in [-0.2, -0.15) is 0 Å². The number of aromatic nitrogens is 4. The molecule has 2 aromatic heterocycles. The normalized spacial score (nSPS) is 16.7. The molecule has 1 saturated heterocycles. The molecule has 0 radical (unpaired) electrons. The van der Waals surface area contributed by atoms with Crippen LogP contribution in [0.1, 0.15) is 19.3 Å². The molecule has 2 amide bonds. The summed E-state index contributed by atoms with van der Waals surface area (Å²) in [5.41, 5.74) is 0.271. The SMILES string of the molecule is O=C(Nc1nccs1)C1CCCN(C(=O)CCn2nnc3ccccc3c2=O)C1. The summed E-state index contributed by atoms with van der Waals surface area (Å²) >= 11 is 1.36. The van der Waals surface area contributed by atoms with Gasteiger partial charge in [0.15, 0.2) is 5.13 Å². The van der Waals surface area contributed by atoms with E-state index in [1.54, 1.807) is 40.7 Å². The van der Waals surface area contributed by atoms with Crippen molar-refractivity contribution in [3.63, 3.8) is 0 Å². The second-order valence-electron chi connectivity index (χ2n) is 6.89. The van der Waals surface area contributed by atoms with Gasteiger partial charge in [-0.1, -0.05) is 17.3 Å². The number of thiazole rings is 1. The Balaban J connectivity index is 1.36. The number of hydrogen-bond acceptors (Lipinski definition) is 7. The smallest absolute Gasteiger partial charge is 0.277 e. The zero-order valence-corrected chi connectivity index (χ0v) is 16.5. The topological polar surface area (TPSA) is 110 Å². The molecule has 29 heavy (non-hydrogen) atoms. The minimum atomic E-state index is -0.264. The first-order chi connectivity index (χ1) is 14.1. The number of rotatable bonds is 5. The highest BCUT2D eigenvalue weighted by molar-refractivity contribution is 7.13. The standard InChI is InChI=1S/C19H20N6O3S/c26-16(7-10-25-18(28)14-5-1-2-6-15(14)22-23-25)24-9-3-4-13(12-24)17(27)21-19-20-8-11-29-19/h1-2,5-6,8,11,13H,3-4,7,9-10,12H2,(H,20,21,27). The lowest BCUT2D eigenvalue weighted by atomic mass is 9.97. The van der Waals surface area contributed by atoms with E-state index < -0.39 is 0 Å². The molecule has 1 aliphatic rings. The molecule has 1 aliphatic heterocycles. The van der Waals surface area contributed by atoms with Gasteiger partial charge in [-0.25, -0.2) is 9.67 Å². The minimum absolute atomic E-state index is 0.0985. The third kappa shape index (κ3) is 4.32. The molecule has 3 aromatic rings. The summed E-state index contributed by atoms with van der Waals surface area (Å²) < 4.78 is 1.22. The van der Waals surface area contributed by atoms with Gasteiger partial charge in [0.25, 0.3) is 5.56 Å². The van der Waals surface area contributed by atoms with Crippen molar-refractivity contribution in [3.8, 4) is 0 Å². The summed E-state index contributed by atoms with van der Waals surface area (Å²) in [6, 6.07) is 6.98. The number of hydrogen-bond donors (Lipinski definition) is 1. The highest BCUT2D eigenvalue weighted by Gasteiger charge is 2.28. The molecule has 1 fully saturated rings. The fourth-order valence-corrected chi connectivity index (χ4v) is 3.97. The summed E-state index contributed by atoms with van der Waals surface area (Å²) in [6.07, 6.45) is 3.26. The van der Waals surface area contributed by atoms with Crippen LogP contribution in [0, 0.1) is 5.92 Å². The van der Waals surface area contributed by atoms with Gasteiger partial charge in [0, 0.05) is 31.1 Å². The number of aryl methyl sites for hydroxylation is 1. The first kappa shape index (κ1) is 19.2. The van der Waals surface area contributed by atoms with Gasteiger partial charge in [0.05, 0.1) is 17.8 Å².